The van der Waals surface area contributed by atoms with Crippen molar-refractivity contribution in [1.29, 1.82) is 0 Å². The highest BCUT2D eigenvalue weighted by Crippen LogP contribution is 2.45. The van der Waals surface area contributed by atoms with Gasteiger partial charge >= 0.3 is 0 Å². The van der Waals surface area contributed by atoms with E-state index >= 15 is 0 Å². The van der Waals surface area contributed by atoms with Crippen LogP contribution in [0, 0.1) is 18.2 Å². The number of carbonyl (C=O) groups is 1. The topological polar surface area (TPSA) is 137 Å². The van der Waals surface area contributed by atoms with Crippen molar-refractivity contribution in [2.45, 2.75) is 77.1 Å². The van der Waals surface area contributed by atoms with Gasteiger partial charge in [-0.2, -0.15) is 0 Å². The molecular formula is C35H45FN7O6S2-. The number of hydrogen-bond acceptors (Lipinski definition) is 12. The number of thiazole rings is 1. The van der Waals surface area contributed by atoms with Crippen LogP contribution < -0.4 is 13.9 Å². The van der Waals surface area contributed by atoms with Crippen molar-refractivity contribution in [1.82, 2.24) is 24.8 Å². The van der Waals surface area contributed by atoms with Crippen LogP contribution in [0.2, 0.25) is 0 Å². The van der Waals surface area contributed by atoms with Gasteiger partial charge in [-0.25, -0.2) is 19.3 Å². The average molecular weight is 743 g/mol. The van der Waals surface area contributed by atoms with Gasteiger partial charge in [0.25, 0.3) is 5.91 Å². The summed E-state index contributed by atoms with van der Waals surface area (Å²) in [4.78, 5) is 33.4. The molecule has 4 saturated heterocycles. The van der Waals surface area contributed by atoms with Crippen molar-refractivity contribution in [2.24, 2.45) is 5.41 Å². The number of aromatic nitrogens is 3. The molecule has 6 heterocycles. The van der Waals surface area contributed by atoms with Gasteiger partial charge in [0.05, 0.1) is 48.2 Å². The second kappa shape index (κ2) is 15.4. The molecule has 1 aromatic carbocycles. The van der Waals surface area contributed by atoms with Crippen molar-refractivity contribution < 1.29 is 32.2 Å². The van der Waals surface area contributed by atoms with E-state index < -0.39 is 17.1 Å². The summed E-state index contributed by atoms with van der Waals surface area (Å²) < 4.78 is 58.0. The van der Waals surface area contributed by atoms with Crippen LogP contribution in [-0.4, -0.2) is 116 Å². The zero-order valence-corrected chi connectivity index (χ0v) is 30.9. The standard InChI is InChI=1S/C35H46FN7O6S2/c1-23(2)42(26-8-13-47-17-26)34(44)29-14-25(36)4-7-30(29)49-31-15-37-22-38-33(31)41-20-35(21-41)9-11-40(12-10-35)16-28-6-5-27(18-48-28)43(51(45)46)32-19-50-24(3)39-32/h4,7,14-15,19,22-23,26-28H,5-6,8-13,16-18,20-21H2,1-3H3,(H,45,46)/p-1/t26-,27-,28+/m1/s1. The van der Waals surface area contributed by atoms with E-state index in [9.17, 15) is 17.9 Å². The number of anilines is 2. The number of amides is 1. The van der Waals surface area contributed by atoms with E-state index in [0.29, 0.717) is 37.2 Å². The van der Waals surface area contributed by atoms with E-state index in [-0.39, 0.29) is 46.9 Å². The van der Waals surface area contributed by atoms with Gasteiger partial charge in [0, 0.05) is 54.3 Å². The van der Waals surface area contributed by atoms with Crippen molar-refractivity contribution >= 4 is 40.1 Å². The van der Waals surface area contributed by atoms with Gasteiger partial charge in [-0.05, 0) is 84.2 Å². The Hall–Kier alpha value is -3.28. The molecule has 2 aromatic heterocycles. The van der Waals surface area contributed by atoms with Crippen molar-refractivity contribution in [3.05, 3.63) is 52.5 Å². The molecular weight excluding hydrogens is 698 g/mol. The molecule has 4 aliphatic heterocycles. The molecule has 4 atom stereocenters. The van der Waals surface area contributed by atoms with Gasteiger partial charge in [-0.1, -0.05) is 0 Å². The Morgan fingerprint density at radius 2 is 1.98 bits per heavy atom. The fourth-order valence-electron chi connectivity index (χ4n) is 7.89. The van der Waals surface area contributed by atoms with Gasteiger partial charge in [-0.15, -0.1) is 11.3 Å². The highest BCUT2D eigenvalue weighted by Gasteiger charge is 2.46. The van der Waals surface area contributed by atoms with Crippen molar-refractivity contribution in [3.8, 4) is 11.5 Å². The Labute approximate surface area is 304 Å². The van der Waals surface area contributed by atoms with Crippen LogP contribution in [0.1, 0.15) is 61.3 Å². The summed E-state index contributed by atoms with van der Waals surface area (Å²) in [6.45, 7) is 11.5. The minimum Gasteiger partial charge on any atom is -0.755 e. The monoisotopic (exact) mass is 742 g/mol. The van der Waals surface area contributed by atoms with E-state index in [4.69, 9.17) is 14.2 Å². The Bertz CT molecular complexity index is 1700. The number of hydrogen-bond donors (Lipinski definition) is 0. The van der Waals surface area contributed by atoms with E-state index in [1.807, 2.05) is 20.8 Å². The molecule has 0 radical (unpaired) electrons. The second-order valence-electron chi connectivity index (χ2n) is 14.4. The Balaban J connectivity index is 0.936. The lowest BCUT2D eigenvalue weighted by Gasteiger charge is -2.54. The van der Waals surface area contributed by atoms with Gasteiger partial charge in [0.2, 0.25) is 0 Å². The molecule has 0 N–H and O–H groups in total. The summed E-state index contributed by atoms with van der Waals surface area (Å²) in [5, 5.41) is 2.61. The molecule has 0 bridgehead atoms. The number of rotatable bonds is 11. The number of nitrogens with zero attached hydrogens (tertiary/aromatic N) is 7. The van der Waals surface area contributed by atoms with Gasteiger partial charge in [0.1, 0.15) is 17.9 Å². The molecule has 4 aliphatic rings. The lowest BCUT2D eigenvalue weighted by molar-refractivity contribution is -0.0270. The molecule has 1 amide bonds. The number of ether oxygens (including phenoxy) is 3. The molecule has 0 saturated carbocycles. The maximum atomic E-state index is 14.5. The summed E-state index contributed by atoms with van der Waals surface area (Å²) in [6, 6.07) is 3.60. The number of halogens is 1. The van der Waals surface area contributed by atoms with Crippen LogP contribution in [0.5, 0.6) is 11.5 Å². The highest BCUT2D eigenvalue weighted by atomic mass is 32.2. The first-order chi connectivity index (χ1) is 24.6. The second-order valence-corrected chi connectivity index (χ2v) is 16.3. The lowest BCUT2D eigenvalue weighted by atomic mass is 9.72. The first-order valence-electron chi connectivity index (χ1n) is 17.7. The maximum Gasteiger partial charge on any atom is 0.258 e. The third-order valence-electron chi connectivity index (χ3n) is 10.5. The summed E-state index contributed by atoms with van der Waals surface area (Å²) in [6.07, 6.45) is 7.49. The van der Waals surface area contributed by atoms with E-state index in [1.165, 1.54) is 40.2 Å². The molecule has 13 nitrogen and oxygen atoms in total. The highest BCUT2D eigenvalue weighted by molar-refractivity contribution is 7.80. The normalized spacial score (nSPS) is 24.0. The minimum atomic E-state index is -2.41. The predicted octanol–water partition coefficient (Wildman–Crippen LogP) is 4.56. The van der Waals surface area contributed by atoms with Crippen LogP contribution in [0.4, 0.5) is 16.0 Å². The lowest BCUT2D eigenvalue weighted by Crippen LogP contribution is -2.61. The molecule has 1 spiro atoms. The van der Waals surface area contributed by atoms with Gasteiger partial charge in [-0.3, -0.25) is 13.3 Å². The minimum absolute atomic E-state index is 0.0652. The zero-order chi connectivity index (χ0) is 35.7. The molecule has 7 rings (SSSR count). The largest absolute Gasteiger partial charge is 0.755 e. The van der Waals surface area contributed by atoms with E-state index in [2.05, 4.69) is 24.8 Å². The van der Waals surface area contributed by atoms with Crippen LogP contribution in [-0.2, 0) is 20.7 Å². The molecule has 16 heteroatoms. The maximum absolute atomic E-state index is 14.5. The molecule has 1 unspecified atom stereocenters. The Morgan fingerprint density at radius 3 is 2.63 bits per heavy atom. The van der Waals surface area contributed by atoms with Gasteiger partial charge < -0.3 is 33.5 Å². The summed E-state index contributed by atoms with van der Waals surface area (Å²) in [5.41, 5.74) is 0.322. The Morgan fingerprint density at radius 1 is 1.18 bits per heavy atom. The molecule has 276 valence electrons. The Kier molecular flexibility index (Phi) is 10.9. The van der Waals surface area contributed by atoms with E-state index in [0.717, 1.165) is 69.8 Å². The van der Waals surface area contributed by atoms with Crippen molar-refractivity contribution in [3.63, 3.8) is 0 Å². The van der Waals surface area contributed by atoms with Crippen LogP contribution in [0.3, 0.4) is 0 Å². The fourth-order valence-corrected chi connectivity index (χ4v) is 9.20. The average Bonchev–Trinajstić information content (AvgIpc) is 3.78. The zero-order valence-electron chi connectivity index (χ0n) is 29.2. The predicted molar refractivity (Wildman–Crippen MR) is 190 cm³/mol. The third-order valence-corrected chi connectivity index (χ3v) is 12.1. The summed E-state index contributed by atoms with van der Waals surface area (Å²) >= 11 is -0.978. The molecule has 0 aliphatic carbocycles. The number of likely N-dealkylation sites (tertiary alicyclic amines) is 1. The fraction of sp³-hybridized carbons (Fsp3) is 0.600. The molecule has 51 heavy (non-hydrogen) atoms. The number of aryl methyl sites for hydroxylation is 1. The van der Waals surface area contributed by atoms with Crippen molar-refractivity contribution in [2.75, 3.05) is 61.7 Å². The number of carbonyl (C=O) groups excluding carboxylic acids is 1. The number of piperidine rings is 1. The van der Waals surface area contributed by atoms with E-state index in [1.54, 1.807) is 16.5 Å². The van der Waals surface area contributed by atoms with Crippen LogP contribution in [0.25, 0.3) is 0 Å². The van der Waals surface area contributed by atoms with Crippen LogP contribution in [0.15, 0.2) is 36.1 Å². The quantitative estimate of drug-likeness (QED) is 0.256. The molecule has 4 fully saturated rings. The third kappa shape index (κ3) is 7.90. The summed E-state index contributed by atoms with van der Waals surface area (Å²) in [7, 11) is 0. The molecule has 3 aromatic rings. The SMILES string of the molecule is Cc1nc(N([C@@H]2CC[C@@H](CN3CCC4(CC3)CN(c3ncncc3Oc3ccc(F)cc3C(=O)N(C(C)C)[C@@H]3CCOC3)C4)OC2)S(=O)[O-])cs1. The smallest absolute Gasteiger partial charge is 0.258 e. The number of benzene rings is 1. The van der Waals surface area contributed by atoms with Crippen LogP contribution >= 0.6 is 11.3 Å². The first kappa shape index (κ1) is 36.1. The summed E-state index contributed by atoms with van der Waals surface area (Å²) in [5.74, 6) is 0.983. The van der Waals surface area contributed by atoms with Gasteiger partial charge in [0.15, 0.2) is 17.4 Å². The first-order valence-corrected chi connectivity index (χ1v) is 19.6.